The fourth-order valence-electron chi connectivity index (χ4n) is 3.33. The molecule has 5 heteroatoms. The largest absolute Gasteiger partial charge is 0.346 e. The second-order valence-electron chi connectivity index (χ2n) is 6.03. The fourth-order valence-corrected chi connectivity index (χ4v) is 4.29. The van der Waals surface area contributed by atoms with E-state index in [0.717, 1.165) is 26.2 Å². The van der Waals surface area contributed by atoms with Crippen LogP contribution in [0, 0.1) is 0 Å². The van der Waals surface area contributed by atoms with Crippen molar-refractivity contribution in [3.05, 3.63) is 30.1 Å². The van der Waals surface area contributed by atoms with E-state index < -0.39 is 0 Å². The van der Waals surface area contributed by atoms with E-state index in [2.05, 4.69) is 33.8 Å². The van der Waals surface area contributed by atoms with E-state index in [1.165, 1.54) is 42.3 Å². The van der Waals surface area contributed by atoms with Crippen LogP contribution in [0.15, 0.2) is 29.5 Å². The van der Waals surface area contributed by atoms with Gasteiger partial charge in [-0.2, -0.15) is 0 Å². The smallest absolute Gasteiger partial charge is 0.159 e. The Morgan fingerprint density at radius 2 is 2.18 bits per heavy atom. The van der Waals surface area contributed by atoms with Gasteiger partial charge in [0, 0.05) is 43.8 Å². The molecule has 0 aromatic carbocycles. The highest BCUT2D eigenvalue weighted by Crippen LogP contribution is 2.23. The number of likely N-dealkylation sites (tertiary alicyclic amines) is 1. The van der Waals surface area contributed by atoms with E-state index in [1.54, 1.807) is 0 Å². The predicted molar refractivity (Wildman–Crippen MR) is 94.3 cm³/mol. The first-order valence-electron chi connectivity index (χ1n) is 8.42. The molecule has 0 aliphatic carbocycles. The number of hydrogen-bond acceptors (Lipinski definition) is 5. The van der Waals surface area contributed by atoms with Crippen LogP contribution in [0.25, 0.3) is 0 Å². The van der Waals surface area contributed by atoms with Crippen LogP contribution in [0.5, 0.6) is 0 Å². The summed E-state index contributed by atoms with van der Waals surface area (Å²) < 4.78 is 0. The normalized spacial score (nSPS) is 22.6. The summed E-state index contributed by atoms with van der Waals surface area (Å²) >= 11 is 1.92. The number of thioether (sulfide) groups is 1. The molecule has 4 nitrogen and oxygen atoms in total. The minimum absolute atomic E-state index is 0.678. The van der Waals surface area contributed by atoms with Gasteiger partial charge in [0.2, 0.25) is 0 Å². The fraction of sp³-hybridized carbons (Fsp3) is 0.647. The quantitative estimate of drug-likeness (QED) is 0.835. The SMILES string of the molecule is CCN1CCCC1CN(Cc1ccncc1)C1=NCCCS1. The molecule has 1 aromatic heterocycles. The molecule has 3 rings (SSSR count). The highest BCUT2D eigenvalue weighted by atomic mass is 32.2. The van der Waals surface area contributed by atoms with Crippen LogP contribution in [0.1, 0.15) is 31.7 Å². The van der Waals surface area contributed by atoms with Crippen molar-refractivity contribution in [2.24, 2.45) is 4.99 Å². The lowest BCUT2D eigenvalue weighted by Crippen LogP contribution is -2.42. The molecule has 0 saturated carbocycles. The molecule has 0 N–H and O–H groups in total. The summed E-state index contributed by atoms with van der Waals surface area (Å²) in [7, 11) is 0. The number of rotatable bonds is 5. The van der Waals surface area contributed by atoms with Gasteiger partial charge >= 0.3 is 0 Å². The molecule has 0 bridgehead atoms. The number of amidine groups is 1. The molecule has 1 aromatic rings. The van der Waals surface area contributed by atoms with E-state index in [-0.39, 0.29) is 0 Å². The van der Waals surface area contributed by atoms with Crippen LogP contribution in [-0.2, 0) is 6.54 Å². The molecule has 1 fully saturated rings. The molecule has 0 spiro atoms. The number of hydrogen-bond donors (Lipinski definition) is 0. The maximum atomic E-state index is 4.79. The topological polar surface area (TPSA) is 31.7 Å². The molecular weight excluding hydrogens is 292 g/mol. The van der Waals surface area contributed by atoms with Crippen molar-refractivity contribution in [1.29, 1.82) is 0 Å². The van der Waals surface area contributed by atoms with Gasteiger partial charge in [-0.3, -0.25) is 14.9 Å². The molecule has 1 saturated heterocycles. The lowest BCUT2D eigenvalue weighted by atomic mass is 10.2. The number of pyridine rings is 1. The average Bonchev–Trinajstić information content (AvgIpc) is 3.03. The van der Waals surface area contributed by atoms with Gasteiger partial charge in [0.15, 0.2) is 5.17 Å². The lowest BCUT2D eigenvalue weighted by Gasteiger charge is -2.33. The maximum absolute atomic E-state index is 4.79. The highest BCUT2D eigenvalue weighted by Gasteiger charge is 2.27. The first kappa shape index (κ1) is 15.8. The van der Waals surface area contributed by atoms with Crippen molar-refractivity contribution in [1.82, 2.24) is 14.8 Å². The van der Waals surface area contributed by atoms with Crippen molar-refractivity contribution in [3.8, 4) is 0 Å². The second-order valence-corrected chi connectivity index (χ2v) is 7.09. The maximum Gasteiger partial charge on any atom is 0.159 e. The van der Waals surface area contributed by atoms with Crippen LogP contribution in [0.3, 0.4) is 0 Å². The Morgan fingerprint density at radius 3 is 2.91 bits per heavy atom. The van der Waals surface area contributed by atoms with E-state index in [0.29, 0.717) is 6.04 Å². The molecule has 1 unspecified atom stereocenters. The Kier molecular flexibility index (Phi) is 5.73. The van der Waals surface area contributed by atoms with E-state index in [1.807, 2.05) is 24.2 Å². The Balaban J connectivity index is 1.72. The molecule has 2 aliphatic rings. The van der Waals surface area contributed by atoms with Gasteiger partial charge in [0.25, 0.3) is 0 Å². The number of likely N-dealkylation sites (N-methyl/N-ethyl adjacent to an activating group) is 1. The van der Waals surface area contributed by atoms with Crippen molar-refractivity contribution >= 4 is 16.9 Å². The molecule has 3 heterocycles. The first-order chi connectivity index (χ1) is 10.9. The van der Waals surface area contributed by atoms with E-state index >= 15 is 0 Å². The molecular formula is C17H26N4S. The highest BCUT2D eigenvalue weighted by molar-refractivity contribution is 8.13. The Bertz CT molecular complexity index is 491. The number of aliphatic imine (C=N–C) groups is 1. The van der Waals surface area contributed by atoms with Crippen molar-refractivity contribution < 1.29 is 0 Å². The third kappa shape index (κ3) is 4.02. The number of nitrogens with zero attached hydrogens (tertiary/aromatic N) is 4. The van der Waals surface area contributed by atoms with Crippen LogP contribution in [0.4, 0.5) is 0 Å². The Morgan fingerprint density at radius 1 is 1.32 bits per heavy atom. The first-order valence-corrected chi connectivity index (χ1v) is 9.40. The van der Waals surface area contributed by atoms with E-state index in [9.17, 15) is 0 Å². The minimum Gasteiger partial charge on any atom is -0.346 e. The predicted octanol–water partition coefficient (Wildman–Crippen LogP) is 2.86. The summed E-state index contributed by atoms with van der Waals surface area (Å²) in [5.74, 6) is 1.20. The zero-order chi connectivity index (χ0) is 15.2. The summed E-state index contributed by atoms with van der Waals surface area (Å²) in [6, 6.07) is 4.91. The van der Waals surface area contributed by atoms with Gasteiger partial charge in [-0.1, -0.05) is 18.7 Å². The zero-order valence-corrected chi connectivity index (χ0v) is 14.3. The van der Waals surface area contributed by atoms with Gasteiger partial charge in [-0.25, -0.2) is 0 Å². The van der Waals surface area contributed by atoms with Gasteiger partial charge < -0.3 is 4.90 Å². The number of aromatic nitrogens is 1. The zero-order valence-electron chi connectivity index (χ0n) is 13.4. The summed E-state index contributed by atoms with van der Waals surface area (Å²) in [5.41, 5.74) is 1.32. The van der Waals surface area contributed by atoms with Crippen molar-refractivity contribution in [2.45, 2.75) is 38.8 Å². The van der Waals surface area contributed by atoms with Crippen molar-refractivity contribution in [3.63, 3.8) is 0 Å². The van der Waals surface area contributed by atoms with Crippen LogP contribution in [0.2, 0.25) is 0 Å². The Labute approximate surface area is 138 Å². The van der Waals surface area contributed by atoms with Gasteiger partial charge in [-0.05, 0) is 50.0 Å². The second kappa shape index (κ2) is 7.97. The summed E-state index contributed by atoms with van der Waals surface area (Å²) in [5, 5.41) is 1.24. The van der Waals surface area contributed by atoms with Gasteiger partial charge in [0.05, 0.1) is 0 Å². The molecule has 2 aliphatic heterocycles. The molecule has 120 valence electrons. The van der Waals surface area contributed by atoms with Gasteiger partial charge in [-0.15, -0.1) is 0 Å². The van der Waals surface area contributed by atoms with Crippen LogP contribution >= 0.6 is 11.8 Å². The molecule has 0 amide bonds. The molecule has 1 atom stereocenters. The van der Waals surface area contributed by atoms with E-state index in [4.69, 9.17) is 4.99 Å². The lowest BCUT2D eigenvalue weighted by molar-refractivity contribution is 0.221. The monoisotopic (exact) mass is 318 g/mol. The summed E-state index contributed by atoms with van der Waals surface area (Å²) in [6.45, 7) is 7.72. The molecule has 0 radical (unpaired) electrons. The summed E-state index contributed by atoms with van der Waals surface area (Å²) in [6.07, 6.45) is 7.64. The third-order valence-electron chi connectivity index (χ3n) is 4.51. The van der Waals surface area contributed by atoms with Crippen LogP contribution in [-0.4, -0.2) is 57.9 Å². The Hall–Kier alpha value is -1.07. The minimum atomic E-state index is 0.678. The standard InChI is InChI=1S/C17H26N4S/c1-2-20-11-3-5-16(20)14-21(17-19-8-4-12-22-17)13-15-6-9-18-10-7-15/h6-7,9-10,16H,2-5,8,11-14H2,1H3. The van der Waals surface area contributed by atoms with Crippen LogP contribution < -0.4 is 0 Å². The van der Waals surface area contributed by atoms with Crippen molar-refractivity contribution in [2.75, 3.05) is 31.9 Å². The third-order valence-corrected chi connectivity index (χ3v) is 5.65. The summed E-state index contributed by atoms with van der Waals surface area (Å²) in [4.78, 5) is 14.0. The van der Waals surface area contributed by atoms with Gasteiger partial charge in [0.1, 0.15) is 0 Å². The molecule has 22 heavy (non-hydrogen) atoms. The average molecular weight is 318 g/mol.